The van der Waals surface area contributed by atoms with Crippen LogP contribution in [0.5, 0.6) is 0 Å². The van der Waals surface area contributed by atoms with E-state index in [-0.39, 0.29) is 17.8 Å². The monoisotopic (exact) mass is 258 g/mol. The topological polar surface area (TPSA) is 69.9 Å². The van der Waals surface area contributed by atoms with Crippen LogP contribution in [0.2, 0.25) is 0 Å². The van der Waals surface area contributed by atoms with Crippen molar-refractivity contribution >= 4 is 17.7 Å². The molecule has 0 radical (unpaired) electrons. The number of nitrogens with zero attached hydrogens (tertiary/aromatic N) is 4. The van der Waals surface area contributed by atoms with Crippen LogP contribution in [0.4, 0.5) is 0 Å². The number of carbonyl (C=O) groups is 1. The SMILES string of the molecule is CCCn1nnnc1COC(=O)CC(C)SC. The Bertz CT molecular complexity index is 356. The van der Waals surface area contributed by atoms with Crippen molar-refractivity contribution in [1.29, 1.82) is 0 Å². The van der Waals surface area contributed by atoms with Crippen molar-refractivity contribution in [1.82, 2.24) is 20.2 Å². The first-order valence-electron chi connectivity index (χ1n) is 5.60. The van der Waals surface area contributed by atoms with E-state index >= 15 is 0 Å². The van der Waals surface area contributed by atoms with Crippen molar-refractivity contribution in [3.8, 4) is 0 Å². The van der Waals surface area contributed by atoms with Gasteiger partial charge in [0.1, 0.15) is 0 Å². The summed E-state index contributed by atoms with van der Waals surface area (Å²) in [7, 11) is 0. The summed E-state index contributed by atoms with van der Waals surface area (Å²) < 4.78 is 6.79. The quantitative estimate of drug-likeness (QED) is 0.686. The number of esters is 1. The first-order chi connectivity index (χ1) is 8.17. The highest BCUT2D eigenvalue weighted by Crippen LogP contribution is 2.10. The molecule has 6 nitrogen and oxygen atoms in total. The number of thioether (sulfide) groups is 1. The Kier molecular flexibility index (Phi) is 5.96. The third-order valence-corrected chi connectivity index (χ3v) is 3.23. The van der Waals surface area contributed by atoms with Gasteiger partial charge in [0.2, 0.25) is 0 Å². The second kappa shape index (κ2) is 7.26. The lowest BCUT2D eigenvalue weighted by Crippen LogP contribution is -2.13. The first-order valence-corrected chi connectivity index (χ1v) is 6.89. The van der Waals surface area contributed by atoms with Gasteiger partial charge in [-0.3, -0.25) is 4.79 Å². The Hall–Kier alpha value is -1.11. The highest BCUT2D eigenvalue weighted by molar-refractivity contribution is 7.99. The van der Waals surface area contributed by atoms with Gasteiger partial charge >= 0.3 is 5.97 Å². The molecule has 1 aromatic heterocycles. The van der Waals surface area contributed by atoms with Gasteiger partial charge in [0.15, 0.2) is 12.4 Å². The molecule has 0 fully saturated rings. The number of hydrogen-bond acceptors (Lipinski definition) is 6. The van der Waals surface area contributed by atoms with E-state index in [4.69, 9.17) is 4.74 Å². The number of tetrazole rings is 1. The molecule has 0 N–H and O–H groups in total. The van der Waals surface area contributed by atoms with Gasteiger partial charge in [0.25, 0.3) is 0 Å². The zero-order valence-electron chi connectivity index (χ0n) is 10.4. The summed E-state index contributed by atoms with van der Waals surface area (Å²) in [6.45, 7) is 4.92. The second-order valence-corrected chi connectivity index (χ2v) is 5.01. The molecule has 1 unspecified atom stereocenters. The van der Waals surface area contributed by atoms with E-state index in [0.717, 1.165) is 13.0 Å². The number of aromatic nitrogens is 4. The summed E-state index contributed by atoms with van der Waals surface area (Å²) in [5.74, 6) is 0.384. The van der Waals surface area contributed by atoms with Crippen molar-refractivity contribution < 1.29 is 9.53 Å². The minimum absolute atomic E-state index is 0.146. The molecule has 0 aromatic carbocycles. The van der Waals surface area contributed by atoms with E-state index in [9.17, 15) is 4.79 Å². The molecule has 1 heterocycles. The lowest BCUT2D eigenvalue weighted by molar-refractivity contribution is -0.145. The Labute approximate surface area is 105 Å². The van der Waals surface area contributed by atoms with Crippen molar-refractivity contribution in [3.05, 3.63) is 5.82 Å². The number of aryl methyl sites for hydroxylation is 1. The normalized spacial score (nSPS) is 12.4. The summed E-state index contributed by atoms with van der Waals surface area (Å²) in [4.78, 5) is 11.5. The van der Waals surface area contributed by atoms with Crippen molar-refractivity contribution in [3.63, 3.8) is 0 Å². The molecule has 1 aromatic rings. The molecular weight excluding hydrogens is 240 g/mol. The molecule has 0 saturated carbocycles. The Morgan fingerprint density at radius 3 is 3.00 bits per heavy atom. The lowest BCUT2D eigenvalue weighted by Gasteiger charge is -2.08. The molecule has 0 aliphatic rings. The summed E-state index contributed by atoms with van der Waals surface area (Å²) in [6, 6.07) is 0. The van der Waals surface area contributed by atoms with E-state index in [2.05, 4.69) is 15.5 Å². The van der Waals surface area contributed by atoms with Crippen LogP contribution in [0, 0.1) is 0 Å². The summed E-state index contributed by atoms with van der Waals surface area (Å²) in [5, 5.41) is 11.5. The van der Waals surface area contributed by atoms with E-state index in [0.29, 0.717) is 12.2 Å². The van der Waals surface area contributed by atoms with Crippen molar-refractivity contribution in [2.24, 2.45) is 0 Å². The average Bonchev–Trinajstić information content (AvgIpc) is 2.74. The van der Waals surface area contributed by atoms with E-state index in [1.807, 2.05) is 20.1 Å². The fourth-order valence-corrected chi connectivity index (χ4v) is 1.54. The van der Waals surface area contributed by atoms with Crippen LogP contribution in [0.25, 0.3) is 0 Å². The Balaban J connectivity index is 2.39. The number of rotatable bonds is 7. The zero-order chi connectivity index (χ0) is 12.7. The van der Waals surface area contributed by atoms with Gasteiger partial charge in [0, 0.05) is 11.8 Å². The minimum atomic E-state index is -0.210. The number of hydrogen-bond donors (Lipinski definition) is 0. The molecule has 1 atom stereocenters. The predicted molar refractivity (Wildman–Crippen MR) is 65.5 cm³/mol. The molecule has 96 valence electrons. The molecule has 0 bridgehead atoms. The van der Waals surface area contributed by atoms with Crippen LogP contribution < -0.4 is 0 Å². The van der Waals surface area contributed by atoms with Gasteiger partial charge in [-0.25, -0.2) is 4.68 Å². The smallest absolute Gasteiger partial charge is 0.307 e. The standard InChI is InChI=1S/C10H18N4O2S/c1-4-5-14-9(11-12-13-14)7-16-10(15)6-8(2)17-3/h8H,4-7H2,1-3H3. The third kappa shape index (κ3) is 4.72. The summed E-state index contributed by atoms with van der Waals surface area (Å²) in [5.41, 5.74) is 0. The van der Waals surface area contributed by atoms with Gasteiger partial charge < -0.3 is 4.74 Å². The fraction of sp³-hybridized carbons (Fsp3) is 0.800. The van der Waals surface area contributed by atoms with Gasteiger partial charge in [-0.05, 0) is 23.1 Å². The fourth-order valence-electron chi connectivity index (χ4n) is 1.23. The van der Waals surface area contributed by atoms with Gasteiger partial charge in [0.05, 0.1) is 6.42 Å². The van der Waals surface area contributed by atoms with Gasteiger partial charge in [-0.15, -0.1) is 5.10 Å². The maximum Gasteiger partial charge on any atom is 0.307 e. The molecule has 0 aliphatic carbocycles. The maximum absolute atomic E-state index is 11.5. The van der Waals surface area contributed by atoms with Crippen molar-refractivity contribution in [2.45, 2.75) is 45.1 Å². The Morgan fingerprint density at radius 1 is 1.59 bits per heavy atom. The molecule has 7 heteroatoms. The molecule has 0 amide bonds. The van der Waals surface area contributed by atoms with Crippen molar-refractivity contribution in [2.75, 3.05) is 6.26 Å². The van der Waals surface area contributed by atoms with E-state index < -0.39 is 0 Å². The van der Waals surface area contributed by atoms with E-state index in [1.165, 1.54) is 0 Å². The molecule has 0 aliphatic heterocycles. The molecule has 0 saturated heterocycles. The molecule has 0 spiro atoms. The van der Waals surface area contributed by atoms with Crippen LogP contribution in [0.3, 0.4) is 0 Å². The van der Waals surface area contributed by atoms with Crippen LogP contribution in [0.15, 0.2) is 0 Å². The number of carbonyl (C=O) groups excluding carboxylic acids is 1. The number of ether oxygens (including phenoxy) is 1. The van der Waals surface area contributed by atoms with Crippen LogP contribution in [-0.4, -0.2) is 37.7 Å². The maximum atomic E-state index is 11.5. The average molecular weight is 258 g/mol. The Morgan fingerprint density at radius 2 is 2.35 bits per heavy atom. The lowest BCUT2D eigenvalue weighted by atomic mass is 10.3. The molecule has 1 rings (SSSR count). The van der Waals surface area contributed by atoms with Crippen LogP contribution in [0.1, 0.15) is 32.5 Å². The van der Waals surface area contributed by atoms with Crippen LogP contribution >= 0.6 is 11.8 Å². The van der Waals surface area contributed by atoms with Gasteiger partial charge in [-0.1, -0.05) is 13.8 Å². The van der Waals surface area contributed by atoms with Crippen LogP contribution in [-0.2, 0) is 22.7 Å². The van der Waals surface area contributed by atoms with Gasteiger partial charge in [-0.2, -0.15) is 11.8 Å². The highest BCUT2D eigenvalue weighted by atomic mass is 32.2. The summed E-state index contributed by atoms with van der Waals surface area (Å²) in [6.07, 6.45) is 3.33. The largest absolute Gasteiger partial charge is 0.457 e. The minimum Gasteiger partial charge on any atom is -0.457 e. The predicted octanol–water partition coefficient (Wildman–Crippen LogP) is 1.27. The summed E-state index contributed by atoms with van der Waals surface area (Å²) >= 11 is 1.64. The molecular formula is C10H18N4O2S. The highest BCUT2D eigenvalue weighted by Gasteiger charge is 2.12. The van der Waals surface area contributed by atoms with E-state index in [1.54, 1.807) is 16.4 Å². The first kappa shape index (κ1) is 14.0. The molecule has 17 heavy (non-hydrogen) atoms. The zero-order valence-corrected chi connectivity index (χ0v) is 11.2. The second-order valence-electron chi connectivity index (χ2n) is 3.73. The third-order valence-electron chi connectivity index (χ3n) is 2.26.